The molecule has 6 heteroatoms. The molecule has 0 saturated carbocycles. The van der Waals surface area contributed by atoms with Crippen LogP contribution in [0.1, 0.15) is 12.0 Å². The maximum Gasteiger partial charge on any atom is 0.191 e. The molecule has 15 heavy (non-hydrogen) atoms. The summed E-state index contributed by atoms with van der Waals surface area (Å²) in [5.41, 5.74) is 1.29. The number of hydrogen-bond donors (Lipinski definition) is 2. The lowest BCUT2D eigenvalue weighted by molar-refractivity contribution is 0.702. The van der Waals surface area contributed by atoms with E-state index in [4.69, 9.17) is 0 Å². The highest BCUT2D eigenvalue weighted by molar-refractivity contribution is 14.0. The summed E-state index contributed by atoms with van der Waals surface area (Å²) in [4.78, 5) is 4.34. The van der Waals surface area contributed by atoms with Gasteiger partial charge in [0.15, 0.2) is 5.96 Å². The van der Waals surface area contributed by atoms with E-state index in [9.17, 15) is 0 Å². The van der Waals surface area contributed by atoms with E-state index in [0.717, 1.165) is 32.0 Å². The van der Waals surface area contributed by atoms with Crippen LogP contribution in [-0.4, -0.2) is 19.0 Å². The van der Waals surface area contributed by atoms with Crippen LogP contribution in [0.2, 0.25) is 0 Å². The predicted molar refractivity (Wildman–Crippen MR) is 79.2 cm³/mol. The monoisotopic (exact) mass is 401 g/mol. The Kier molecular flexibility index (Phi) is 5.91. The minimum Gasteiger partial charge on any atom is -0.356 e. The number of aliphatic imine (C=N–C) groups is 1. The summed E-state index contributed by atoms with van der Waals surface area (Å²) in [7, 11) is 0. The van der Waals surface area contributed by atoms with E-state index in [1.54, 1.807) is 11.3 Å². The number of hydrogen-bond acceptors (Lipinski definition) is 4. The standard InChI is InChI=1S/C9H12BrN3S.HI/c10-8-4-7(6-14-8)5-13-9-11-2-1-3-12-9;/h4,6H,1-3,5H2,(H2,11,12,13);1H. The normalized spacial score (nSPS) is 14.9. The summed E-state index contributed by atoms with van der Waals surface area (Å²) in [6, 6.07) is 2.13. The molecule has 1 aliphatic rings. The van der Waals surface area contributed by atoms with Gasteiger partial charge in [0.1, 0.15) is 0 Å². The highest BCUT2D eigenvalue weighted by Gasteiger charge is 2.03. The van der Waals surface area contributed by atoms with Gasteiger partial charge in [0.2, 0.25) is 0 Å². The van der Waals surface area contributed by atoms with Crippen molar-refractivity contribution >= 4 is 57.2 Å². The lowest BCUT2D eigenvalue weighted by Gasteiger charge is -2.15. The molecule has 2 N–H and O–H groups in total. The molecule has 0 saturated heterocycles. The van der Waals surface area contributed by atoms with E-state index in [0.29, 0.717) is 0 Å². The lowest BCUT2D eigenvalue weighted by Crippen LogP contribution is -2.40. The van der Waals surface area contributed by atoms with Crippen LogP contribution in [0.25, 0.3) is 0 Å². The lowest BCUT2D eigenvalue weighted by atomic mass is 10.3. The average Bonchev–Trinajstić information content (AvgIpc) is 2.63. The van der Waals surface area contributed by atoms with Crippen molar-refractivity contribution in [1.82, 2.24) is 10.6 Å². The molecule has 0 aromatic carbocycles. The Hall–Kier alpha value is 0.180. The largest absolute Gasteiger partial charge is 0.356 e. The van der Waals surface area contributed by atoms with Gasteiger partial charge in [0.05, 0.1) is 3.79 Å². The number of halogens is 2. The Morgan fingerprint density at radius 2 is 2.47 bits per heavy atom. The van der Waals surface area contributed by atoms with E-state index < -0.39 is 0 Å². The van der Waals surface area contributed by atoms with Gasteiger partial charge in [-0.1, -0.05) is 0 Å². The van der Waals surface area contributed by atoms with E-state index in [2.05, 4.69) is 43.0 Å². The number of nitrogens with zero attached hydrogens (tertiary/aromatic N) is 1. The molecule has 0 atom stereocenters. The molecule has 84 valence electrons. The van der Waals surface area contributed by atoms with Crippen LogP contribution in [0, 0.1) is 0 Å². The maximum absolute atomic E-state index is 4.34. The third kappa shape index (κ3) is 4.28. The van der Waals surface area contributed by atoms with Gasteiger partial charge in [-0.15, -0.1) is 35.3 Å². The molecular weight excluding hydrogens is 389 g/mol. The van der Waals surface area contributed by atoms with Gasteiger partial charge in [-0.3, -0.25) is 4.99 Å². The topological polar surface area (TPSA) is 36.4 Å². The second-order valence-corrected chi connectivity index (χ2v) is 5.41. The van der Waals surface area contributed by atoms with Crippen LogP contribution in [0.3, 0.4) is 0 Å². The van der Waals surface area contributed by atoms with Crippen molar-refractivity contribution in [1.29, 1.82) is 0 Å². The molecule has 3 nitrogen and oxygen atoms in total. The van der Waals surface area contributed by atoms with Crippen LogP contribution in [-0.2, 0) is 6.54 Å². The molecule has 0 amide bonds. The Bertz CT molecular complexity index is 340. The second kappa shape index (κ2) is 6.70. The minimum absolute atomic E-state index is 0. The number of nitrogens with one attached hydrogen (secondary N) is 2. The minimum atomic E-state index is 0. The first-order chi connectivity index (χ1) is 6.84. The fourth-order valence-electron chi connectivity index (χ4n) is 1.28. The molecule has 0 aliphatic carbocycles. The summed E-state index contributed by atoms with van der Waals surface area (Å²) < 4.78 is 1.17. The second-order valence-electron chi connectivity index (χ2n) is 3.12. The number of guanidine groups is 1. The summed E-state index contributed by atoms with van der Waals surface area (Å²) in [6.07, 6.45) is 1.13. The number of thiophene rings is 1. The van der Waals surface area contributed by atoms with Crippen LogP contribution in [0.5, 0.6) is 0 Å². The molecule has 0 spiro atoms. The Morgan fingerprint density at radius 1 is 1.60 bits per heavy atom. The first-order valence-electron chi connectivity index (χ1n) is 4.60. The molecule has 2 rings (SSSR count). The molecule has 2 heterocycles. The fourth-order valence-corrected chi connectivity index (χ4v) is 2.48. The first kappa shape index (κ1) is 13.2. The molecule has 0 radical (unpaired) electrons. The van der Waals surface area contributed by atoms with Crippen molar-refractivity contribution in [3.05, 3.63) is 20.8 Å². The van der Waals surface area contributed by atoms with Crippen molar-refractivity contribution < 1.29 is 0 Å². The van der Waals surface area contributed by atoms with Gasteiger partial charge >= 0.3 is 0 Å². The summed E-state index contributed by atoms with van der Waals surface area (Å²) in [5, 5.41) is 8.64. The highest BCUT2D eigenvalue weighted by atomic mass is 127. The van der Waals surface area contributed by atoms with Gasteiger partial charge in [0.25, 0.3) is 0 Å². The Balaban J connectivity index is 0.00000112. The van der Waals surface area contributed by atoms with E-state index in [1.807, 2.05) is 0 Å². The van der Waals surface area contributed by atoms with Crippen LogP contribution in [0.15, 0.2) is 20.2 Å². The molecule has 1 aromatic heterocycles. The van der Waals surface area contributed by atoms with Gasteiger partial charge in [0, 0.05) is 19.6 Å². The summed E-state index contributed by atoms with van der Waals surface area (Å²) in [6.45, 7) is 2.80. The molecule has 0 unspecified atom stereocenters. The van der Waals surface area contributed by atoms with Crippen molar-refractivity contribution in [3.8, 4) is 0 Å². The van der Waals surface area contributed by atoms with Gasteiger partial charge in [-0.05, 0) is 39.4 Å². The zero-order valence-electron chi connectivity index (χ0n) is 8.12. The quantitative estimate of drug-likeness (QED) is 0.747. The van der Waals surface area contributed by atoms with E-state index >= 15 is 0 Å². The summed E-state index contributed by atoms with van der Waals surface area (Å²) >= 11 is 5.15. The molecule has 0 bridgehead atoms. The van der Waals surface area contributed by atoms with Crippen LogP contribution in [0.4, 0.5) is 0 Å². The third-order valence-electron chi connectivity index (χ3n) is 1.98. The van der Waals surface area contributed by atoms with Gasteiger partial charge in [-0.25, -0.2) is 0 Å². The fraction of sp³-hybridized carbons (Fsp3) is 0.444. The first-order valence-corrected chi connectivity index (χ1v) is 6.27. The highest BCUT2D eigenvalue weighted by Crippen LogP contribution is 2.20. The maximum atomic E-state index is 4.34. The van der Waals surface area contributed by atoms with Crippen molar-refractivity contribution in [3.63, 3.8) is 0 Å². The SMILES string of the molecule is Brc1cc(CNC2=NCCCN2)cs1.I. The Labute approximate surface area is 119 Å². The van der Waals surface area contributed by atoms with Crippen LogP contribution >= 0.6 is 51.2 Å². The van der Waals surface area contributed by atoms with E-state index in [-0.39, 0.29) is 24.0 Å². The van der Waals surface area contributed by atoms with Crippen molar-refractivity contribution in [2.75, 3.05) is 13.1 Å². The number of rotatable bonds is 2. The molecular formula is C9H13BrIN3S. The molecule has 0 fully saturated rings. The third-order valence-corrected chi connectivity index (χ3v) is 3.53. The zero-order valence-corrected chi connectivity index (χ0v) is 12.9. The summed E-state index contributed by atoms with van der Waals surface area (Å²) in [5.74, 6) is 0.929. The average molecular weight is 402 g/mol. The predicted octanol–water partition coefficient (Wildman–Crippen LogP) is 2.57. The van der Waals surface area contributed by atoms with Crippen molar-refractivity contribution in [2.45, 2.75) is 13.0 Å². The van der Waals surface area contributed by atoms with Gasteiger partial charge < -0.3 is 10.6 Å². The zero-order chi connectivity index (χ0) is 9.80. The van der Waals surface area contributed by atoms with Crippen LogP contribution < -0.4 is 10.6 Å². The van der Waals surface area contributed by atoms with Gasteiger partial charge in [-0.2, -0.15) is 0 Å². The molecule has 1 aromatic rings. The Morgan fingerprint density at radius 3 is 3.07 bits per heavy atom. The van der Waals surface area contributed by atoms with Crippen molar-refractivity contribution in [2.24, 2.45) is 4.99 Å². The van der Waals surface area contributed by atoms with E-state index in [1.165, 1.54) is 9.35 Å². The smallest absolute Gasteiger partial charge is 0.191 e. The molecule has 1 aliphatic heterocycles.